The van der Waals surface area contributed by atoms with Crippen LogP contribution in [0.5, 0.6) is 0 Å². The molecule has 1 aromatic carbocycles. The van der Waals surface area contributed by atoms with Gasteiger partial charge in [-0.05, 0) is 50.8 Å². The molecular formula is C29H29F2N5O3. The van der Waals surface area contributed by atoms with Crippen molar-refractivity contribution in [3.05, 3.63) is 70.9 Å². The lowest BCUT2D eigenvalue weighted by atomic mass is 9.89. The summed E-state index contributed by atoms with van der Waals surface area (Å²) < 4.78 is 48.1. The van der Waals surface area contributed by atoms with E-state index in [4.69, 9.17) is 29.2 Å². The van der Waals surface area contributed by atoms with Gasteiger partial charge in [0.2, 0.25) is 0 Å². The summed E-state index contributed by atoms with van der Waals surface area (Å²) in [6, 6.07) is 5.99. The SMILES string of the molecule is Cc1nc2cc([C@H]3CCO[C@H](c4cnn(C5CC5)c4)C3)nc(-c3ccc(F)cc3F)c2nc1COC1COC1. The lowest BCUT2D eigenvalue weighted by molar-refractivity contribution is -0.136. The molecule has 8 nitrogen and oxygen atoms in total. The molecule has 0 N–H and O–H groups in total. The molecule has 2 aliphatic heterocycles. The normalized spacial score (nSPS) is 21.8. The molecule has 202 valence electrons. The smallest absolute Gasteiger partial charge is 0.135 e. The fourth-order valence-corrected chi connectivity index (χ4v) is 5.28. The van der Waals surface area contributed by atoms with Crippen LogP contribution in [0.4, 0.5) is 8.78 Å². The van der Waals surface area contributed by atoms with E-state index in [2.05, 4.69) is 11.3 Å². The predicted molar refractivity (Wildman–Crippen MR) is 138 cm³/mol. The quantitative estimate of drug-likeness (QED) is 0.316. The molecule has 0 amide bonds. The number of fused-ring (bicyclic) bond motifs is 1. The molecule has 7 rings (SSSR count). The van der Waals surface area contributed by atoms with Crippen LogP contribution in [0.1, 0.15) is 66.4 Å². The van der Waals surface area contributed by atoms with Crippen molar-refractivity contribution in [2.75, 3.05) is 19.8 Å². The minimum absolute atomic E-state index is 0.0364. The van der Waals surface area contributed by atoms with E-state index in [9.17, 15) is 4.39 Å². The zero-order valence-electron chi connectivity index (χ0n) is 21.6. The van der Waals surface area contributed by atoms with Gasteiger partial charge in [-0.1, -0.05) is 0 Å². The van der Waals surface area contributed by atoms with E-state index in [-0.39, 0.29) is 30.3 Å². The van der Waals surface area contributed by atoms with Crippen LogP contribution in [0.3, 0.4) is 0 Å². The molecule has 0 spiro atoms. The Kier molecular flexibility index (Phi) is 6.33. The van der Waals surface area contributed by atoms with Crippen LogP contribution in [0.25, 0.3) is 22.3 Å². The van der Waals surface area contributed by atoms with Crippen LogP contribution in [0.15, 0.2) is 36.7 Å². The number of pyridine rings is 1. The van der Waals surface area contributed by atoms with Gasteiger partial charge in [0.25, 0.3) is 0 Å². The maximum Gasteiger partial charge on any atom is 0.135 e. The van der Waals surface area contributed by atoms with Gasteiger partial charge in [-0.15, -0.1) is 0 Å². The monoisotopic (exact) mass is 533 g/mol. The summed E-state index contributed by atoms with van der Waals surface area (Å²) >= 11 is 0. The van der Waals surface area contributed by atoms with Crippen LogP contribution in [-0.4, -0.2) is 50.7 Å². The van der Waals surface area contributed by atoms with Crippen LogP contribution in [0.2, 0.25) is 0 Å². The number of hydrogen-bond acceptors (Lipinski definition) is 7. The molecule has 5 heterocycles. The van der Waals surface area contributed by atoms with Crippen molar-refractivity contribution >= 4 is 11.0 Å². The number of hydrogen-bond donors (Lipinski definition) is 0. The van der Waals surface area contributed by atoms with E-state index >= 15 is 4.39 Å². The molecule has 1 saturated carbocycles. The summed E-state index contributed by atoms with van der Waals surface area (Å²) in [7, 11) is 0. The Morgan fingerprint density at radius 2 is 1.95 bits per heavy atom. The Bertz CT molecular complexity index is 1540. The summed E-state index contributed by atoms with van der Waals surface area (Å²) in [5.74, 6) is -1.26. The van der Waals surface area contributed by atoms with Gasteiger partial charge in [0.15, 0.2) is 0 Å². The van der Waals surface area contributed by atoms with Gasteiger partial charge >= 0.3 is 0 Å². The second kappa shape index (κ2) is 10.0. The van der Waals surface area contributed by atoms with E-state index in [0.717, 1.165) is 35.9 Å². The maximum absolute atomic E-state index is 15.1. The predicted octanol–water partition coefficient (Wildman–Crippen LogP) is 5.36. The third-order valence-electron chi connectivity index (χ3n) is 7.81. The highest BCUT2D eigenvalue weighted by Gasteiger charge is 2.31. The first-order chi connectivity index (χ1) is 19.0. The van der Waals surface area contributed by atoms with Crippen molar-refractivity contribution in [2.45, 2.75) is 63.4 Å². The van der Waals surface area contributed by atoms with Crippen LogP contribution < -0.4 is 0 Å². The zero-order valence-corrected chi connectivity index (χ0v) is 21.6. The number of rotatable bonds is 7. The fourth-order valence-electron chi connectivity index (χ4n) is 5.28. The summed E-state index contributed by atoms with van der Waals surface area (Å²) in [5, 5.41) is 4.53. The number of aryl methyl sites for hydroxylation is 1. The van der Waals surface area contributed by atoms with E-state index in [1.54, 1.807) is 0 Å². The van der Waals surface area contributed by atoms with Crippen molar-refractivity contribution < 1.29 is 23.0 Å². The van der Waals surface area contributed by atoms with Gasteiger partial charge in [0.05, 0.1) is 55.1 Å². The minimum atomic E-state index is -0.690. The largest absolute Gasteiger partial charge is 0.376 e. The van der Waals surface area contributed by atoms with Crippen LogP contribution in [-0.2, 0) is 20.8 Å². The highest BCUT2D eigenvalue weighted by Crippen LogP contribution is 2.40. The number of halogens is 2. The summed E-state index contributed by atoms with van der Waals surface area (Å²) in [4.78, 5) is 14.6. The first kappa shape index (κ1) is 24.7. The van der Waals surface area contributed by atoms with Gasteiger partial charge in [-0.2, -0.15) is 5.10 Å². The topological polar surface area (TPSA) is 84.2 Å². The Morgan fingerprint density at radius 3 is 2.72 bits per heavy atom. The molecule has 0 bridgehead atoms. The lowest BCUT2D eigenvalue weighted by Gasteiger charge is -2.29. The lowest BCUT2D eigenvalue weighted by Crippen LogP contribution is -2.36. The number of aromatic nitrogens is 5. The van der Waals surface area contributed by atoms with Gasteiger partial charge in [-0.3, -0.25) is 4.68 Å². The molecule has 0 unspecified atom stereocenters. The molecule has 3 aromatic heterocycles. The zero-order chi connectivity index (χ0) is 26.5. The third-order valence-corrected chi connectivity index (χ3v) is 7.81. The van der Waals surface area contributed by atoms with Crippen LogP contribution >= 0.6 is 0 Å². The average molecular weight is 534 g/mol. The average Bonchev–Trinajstić information content (AvgIpc) is 3.64. The molecule has 2 saturated heterocycles. The summed E-state index contributed by atoms with van der Waals surface area (Å²) in [6.45, 7) is 3.86. The summed E-state index contributed by atoms with van der Waals surface area (Å²) in [6.07, 6.45) is 7.77. The highest BCUT2D eigenvalue weighted by molar-refractivity contribution is 5.89. The third kappa shape index (κ3) is 4.92. The Hall–Kier alpha value is -3.34. The maximum atomic E-state index is 15.1. The molecule has 39 heavy (non-hydrogen) atoms. The van der Waals surface area contributed by atoms with E-state index in [1.807, 2.05) is 23.9 Å². The molecule has 1 aliphatic carbocycles. The van der Waals surface area contributed by atoms with Crippen LogP contribution in [0, 0.1) is 18.6 Å². The highest BCUT2D eigenvalue weighted by atomic mass is 19.1. The van der Waals surface area contributed by atoms with Crippen molar-refractivity contribution in [2.24, 2.45) is 0 Å². The van der Waals surface area contributed by atoms with Gasteiger partial charge < -0.3 is 14.2 Å². The second-order valence-electron chi connectivity index (χ2n) is 10.7. The number of benzene rings is 1. The van der Waals surface area contributed by atoms with E-state index < -0.39 is 11.6 Å². The Labute approximate surface area is 224 Å². The molecule has 10 heteroatoms. The molecule has 0 radical (unpaired) electrons. The van der Waals surface area contributed by atoms with Crippen molar-refractivity contribution in [3.63, 3.8) is 0 Å². The van der Waals surface area contributed by atoms with Gasteiger partial charge in [0.1, 0.15) is 28.9 Å². The number of nitrogens with zero attached hydrogens (tertiary/aromatic N) is 5. The number of ether oxygens (including phenoxy) is 3. The van der Waals surface area contributed by atoms with E-state index in [0.29, 0.717) is 48.3 Å². The Morgan fingerprint density at radius 1 is 1.08 bits per heavy atom. The van der Waals surface area contributed by atoms with Gasteiger partial charge in [-0.25, -0.2) is 23.7 Å². The van der Waals surface area contributed by atoms with Crippen molar-refractivity contribution in [3.8, 4) is 11.3 Å². The standard InChI is InChI=1S/C29H29F2N5O3/c1-16-26(15-39-21-13-37-14-21)35-29-25(33-16)10-24(34-28(29)22-5-2-19(30)9-23(22)31)17-6-7-38-27(8-17)18-11-32-36(12-18)20-3-4-20/h2,5,9-12,17,20-21,27H,3-4,6-8,13-15H2,1H3/t17-,27-/m0/s1. The first-order valence-electron chi connectivity index (χ1n) is 13.5. The van der Waals surface area contributed by atoms with Crippen molar-refractivity contribution in [1.82, 2.24) is 24.7 Å². The van der Waals surface area contributed by atoms with Gasteiger partial charge in [0, 0.05) is 41.6 Å². The molecular weight excluding hydrogens is 504 g/mol. The second-order valence-corrected chi connectivity index (χ2v) is 10.7. The molecule has 4 aromatic rings. The molecule has 3 aliphatic rings. The first-order valence-corrected chi connectivity index (χ1v) is 13.5. The van der Waals surface area contributed by atoms with Crippen molar-refractivity contribution in [1.29, 1.82) is 0 Å². The molecule has 3 fully saturated rings. The Balaban J connectivity index is 1.26. The van der Waals surface area contributed by atoms with E-state index in [1.165, 1.54) is 25.0 Å². The summed E-state index contributed by atoms with van der Waals surface area (Å²) in [5.41, 5.74) is 4.89. The molecule has 2 atom stereocenters. The fraction of sp³-hybridized carbons (Fsp3) is 0.448. The minimum Gasteiger partial charge on any atom is -0.376 e.